The van der Waals surface area contributed by atoms with Crippen LogP contribution >= 0.6 is 23.4 Å². The summed E-state index contributed by atoms with van der Waals surface area (Å²) in [6.07, 6.45) is -4.28. The molecule has 0 fully saturated rings. The largest absolute Gasteiger partial charge is 0.417 e. The van der Waals surface area contributed by atoms with Gasteiger partial charge in [-0.25, -0.2) is 8.78 Å². The van der Waals surface area contributed by atoms with Crippen LogP contribution in [-0.2, 0) is 15.7 Å². The van der Waals surface area contributed by atoms with E-state index in [1.165, 1.54) is 0 Å². The third-order valence-electron chi connectivity index (χ3n) is 5.65. The predicted molar refractivity (Wildman–Crippen MR) is 143 cm³/mol. The number of hydrogen-bond donors (Lipinski definition) is 4. The van der Waals surface area contributed by atoms with E-state index in [0.717, 1.165) is 30.0 Å². The standard InChI is InChI=1S/C25H27ClF5N5O2S/c1-3-20(37)34-4-5-35-24(32)15-8-16(25(29,30)31)21(14-9-17(26)19(28)10-18(14)27)23-22(15)36-11-13(12-39-23)38-7-6-33-2/h3,8-10,13,33,36H,1,4-7,11-12H2,2H3,(H2,32,35)(H,34,37). The van der Waals surface area contributed by atoms with E-state index in [-0.39, 0.29) is 47.4 Å². The minimum absolute atomic E-state index is 0.0195. The number of rotatable bonds is 10. The summed E-state index contributed by atoms with van der Waals surface area (Å²) in [6, 6.07) is 2.06. The molecule has 0 saturated heterocycles. The normalized spacial score (nSPS) is 15.8. The van der Waals surface area contributed by atoms with E-state index in [1.807, 2.05) is 0 Å². The van der Waals surface area contributed by atoms with Crippen molar-refractivity contribution in [1.29, 1.82) is 0 Å². The van der Waals surface area contributed by atoms with E-state index in [9.17, 15) is 26.7 Å². The number of aliphatic imine (C=N–C) groups is 1. The second-order valence-corrected chi connectivity index (χ2v) is 9.78. The Morgan fingerprint density at radius 3 is 2.72 bits per heavy atom. The third kappa shape index (κ3) is 7.62. The number of fused-ring (bicyclic) bond motifs is 1. The highest BCUT2D eigenvalue weighted by Gasteiger charge is 2.39. The number of amides is 1. The first-order valence-corrected chi connectivity index (χ1v) is 13.1. The Labute approximate surface area is 231 Å². The summed E-state index contributed by atoms with van der Waals surface area (Å²) >= 11 is 6.87. The van der Waals surface area contributed by atoms with Gasteiger partial charge in [0.1, 0.15) is 17.5 Å². The average molecular weight is 592 g/mol. The minimum Gasteiger partial charge on any atom is -0.383 e. The van der Waals surface area contributed by atoms with E-state index in [2.05, 4.69) is 27.5 Å². The van der Waals surface area contributed by atoms with E-state index in [0.29, 0.717) is 19.2 Å². The Kier molecular flexibility index (Phi) is 10.6. The minimum atomic E-state index is -4.94. The van der Waals surface area contributed by atoms with E-state index >= 15 is 0 Å². The number of amidine groups is 1. The van der Waals surface area contributed by atoms with Crippen LogP contribution in [0.25, 0.3) is 11.1 Å². The van der Waals surface area contributed by atoms with Gasteiger partial charge in [-0.2, -0.15) is 13.2 Å². The molecule has 0 spiro atoms. The molecule has 14 heteroatoms. The fourth-order valence-corrected chi connectivity index (χ4v) is 5.20. The van der Waals surface area contributed by atoms with Crippen LogP contribution in [0.3, 0.4) is 0 Å². The fourth-order valence-electron chi connectivity index (χ4n) is 3.78. The molecular formula is C25H27ClF5N5O2S. The van der Waals surface area contributed by atoms with Crippen molar-refractivity contribution in [3.8, 4) is 11.1 Å². The maximum Gasteiger partial charge on any atom is 0.417 e. The summed E-state index contributed by atoms with van der Waals surface area (Å²) in [5, 5.41) is 8.01. The maximum absolute atomic E-state index is 15.0. The van der Waals surface area contributed by atoms with E-state index in [1.54, 1.807) is 7.05 Å². The number of ether oxygens (including phenoxy) is 1. The number of carbonyl (C=O) groups excluding carboxylic acids is 1. The number of benzene rings is 2. The Morgan fingerprint density at radius 2 is 2.05 bits per heavy atom. The van der Waals surface area contributed by atoms with Crippen LogP contribution in [0.4, 0.5) is 27.6 Å². The van der Waals surface area contributed by atoms with Crippen molar-refractivity contribution in [1.82, 2.24) is 10.6 Å². The quantitative estimate of drug-likeness (QED) is 0.0815. The van der Waals surface area contributed by atoms with Gasteiger partial charge < -0.3 is 26.4 Å². The number of anilines is 1. The molecule has 39 heavy (non-hydrogen) atoms. The van der Waals surface area contributed by atoms with Gasteiger partial charge in [-0.1, -0.05) is 18.2 Å². The molecule has 3 rings (SSSR count). The first-order chi connectivity index (χ1) is 18.5. The molecule has 1 aliphatic rings. The molecule has 2 aromatic rings. The van der Waals surface area contributed by atoms with Gasteiger partial charge in [0.2, 0.25) is 5.91 Å². The lowest BCUT2D eigenvalue weighted by Gasteiger charge is -2.23. The van der Waals surface area contributed by atoms with Gasteiger partial charge in [0.05, 0.1) is 35.5 Å². The number of thioether (sulfide) groups is 1. The van der Waals surface area contributed by atoms with Gasteiger partial charge in [-0.05, 0) is 25.3 Å². The van der Waals surface area contributed by atoms with Crippen molar-refractivity contribution in [3.05, 3.63) is 58.6 Å². The van der Waals surface area contributed by atoms with Crippen LogP contribution in [0.1, 0.15) is 11.1 Å². The fraction of sp³-hybridized carbons (Fsp3) is 0.360. The highest BCUT2D eigenvalue weighted by Crippen LogP contribution is 2.49. The van der Waals surface area contributed by atoms with Gasteiger partial charge in [0.25, 0.3) is 0 Å². The number of halogens is 6. The number of alkyl halides is 3. The summed E-state index contributed by atoms with van der Waals surface area (Å²) in [6.45, 7) is 4.52. The van der Waals surface area contributed by atoms with Crippen LogP contribution in [0.5, 0.6) is 0 Å². The van der Waals surface area contributed by atoms with Gasteiger partial charge >= 0.3 is 6.18 Å². The second-order valence-electron chi connectivity index (χ2n) is 8.35. The van der Waals surface area contributed by atoms with Crippen molar-refractivity contribution in [2.75, 3.05) is 50.9 Å². The summed E-state index contributed by atoms with van der Waals surface area (Å²) in [7, 11) is 1.75. The Hall–Kier alpha value is -2.87. The first-order valence-electron chi connectivity index (χ1n) is 11.7. The maximum atomic E-state index is 15.0. The van der Waals surface area contributed by atoms with Crippen molar-refractivity contribution in [2.24, 2.45) is 10.7 Å². The van der Waals surface area contributed by atoms with Gasteiger partial charge in [0, 0.05) is 53.0 Å². The molecule has 7 nitrogen and oxygen atoms in total. The van der Waals surface area contributed by atoms with Crippen molar-refractivity contribution < 1.29 is 31.5 Å². The Balaban J connectivity index is 2.18. The molecule has 1 unspecified atom stereocenters. The highest BCUT2D eigenvalue weighted by atomic mass is 35.5. The Bertz CT molecular complexity index is 1260. The first kappa shape index (κ1) is 30.7. The van der Waals surface area contributed by atoms with Crippen LogP contribution in [0.2, 0.25) is 5.02 Å². The Morgan fingerprint density at radius 1 is 1.31 bits per heavy atom. The topological polar surface area (TPSA) is 101 Å². The van der Waals surface area contributed by atoms with Crippen LogP contribution in [-0.4, -0.2) is 63.4 Å². The predicted octanol–water partition coefficient (Wildman–Crippen LogP) is 4.43. The zero-order chi connectivity index (χ0) is 28.7. The molecule has 0 saturated carbocycles. The molecule has 0 aromatic heterocycles. The zero-order valence-electron chi connectivity index (χ0n) is 20.9. The molecule has 1 heterocycles. The molecule has 1 atom stereocenters. The second kappa shape index (κ2) is 13.5. The van der Waals surface area contributed by atoms with Crippen LogP contribution in [0, 0.1) is 11.6 Å². The average Bonchev–Trinajstić information content (AvgIpc) is 3.10. The number of nitrogens with one attached hydrogen (secondary N) is 3. The number of likely N-dealkylation sites (N-methyl/N-ethyl adjacent to an activating group) is 1. The molecule has 0 aliphatic carbocycles. The van der Waals surface area contributed by atoms with Gasteiger partial charge in [0.15, 0.2) is 0 Å². The van der Waals surface area contributed by atoms with Crippen molar-refractivity contribution in [3.63, 3.8) is 0 Å². The lowest BCUT2D eigenvalue weighted by Crippen LogP contribution is -2.28. The molecule has 212 valence electrons. The van der Waals surface area contributed by atoms with Gasteiger partial charge in [-0.15, -0.1) is 11.8 Å². The van der Waals surface area contributed by atoms with E-state index < -0.39 is 51.5 Å². The SMILES string of the molecule is C=CC(=O)NCCN=C(N)c1cc(C(F)(F)F)c(-c2cc(Cl)c(F)cc2F)c2c1NCC(OCCNC)CS2. The monoisotopic (exact) mass is 591 g/mol. The molecule has 2 aromatic carbocycles. The van der Waals surface area contributed by atoms with E-state index in [4.69, 9.17) is 22.1 Å². The highest BCUT2D eigenvalue weighted by molar-refractivity contribution is 7.99. The molecular weight excluding hydrogens is 565 g/mol. The van der Waals surface area contributed by atoms with Gasteiger partial charge in [-0.3, -0.25) is 9.79 Å². The molecule has 1 aliphatic heterocycles. The van der Waals surface area contributed by atoms with Crippen molar-refractivity contribution >= 4 is 40.8 Å². The molecule has 0 bridgehead atoms. The number of carbonyl (C=O) groups is 1. The molecule has 1 amide bonds. The molecule has 5 N–H and O–H groups in total. The molecule has 0 radical (unpaired) electrons. The number of hydrogen-bond acceptors (Lipinski definition) is 6. The van der Waals surface area contributed by atoms with Crippen LogP contribution < -0.4 is 21.7 Å². The summed E-state index contributed by atoms with van der Waals surface area (Å²) < 4.78 is 78.1. The van der Waals surface area contributed by atoms with Crippen molar-refractivity contribution in [2.45, 2.75) is 17.2 Å². The zero-order valence-corrected chi connectivity index (χ0v) is 22.4. The van der Waals surface area contributed by atoms with Crippen LogP contribution in [0.15, 0.2) is 40.7 Å². The summed E-state index contributed by atoms with van der Waals surface area (Å²) in [4.78, 5) is 15.5. The summed E-state index contributed by atoms with van der Waals surface area (Å²) in [5.74, 6) is -2.74. The lowest BCUT2D eigenvalue weighted by atomic mass is 9.94. The third-order valence-corrected chi connectivity index (χ3v) is 7.17. The summed E-state index contributed by atoms with van der Waals surface area (Å²) in [5.41, 5.74) is 4.07. The smallest absolute Gasteiger partial charge is 0.383 e. The number of nitrogens with zero attached hydrogens (tertiary/aromatic N) is 1. The lowest BCUT2D eigenvalue weighted by molar-refractivity contribution is -0.137. The number of nitrogens with two attached hydrogens (primary N) is 1.